The van der Waals surface area contributed by atoms with Gasteiger partial charge in [-0.05, 0) is 18.9 Å². The first-order valence-corrected chi connectivity index (χ1v) is 15.9. The van der Waals surface area contributed by atoms with Crippen LogP contribution in [0.4, 0.5) is 11.4 Å². The minimum Gasteiger partial charge on any atom is -0.379 e. The second-order valence-electron chi connectivity index (χ2n) is 10.1. The monoisotopic (exact) mass is 703 g/mol. The number of amides is 2. The highest BCUT2D eigenvalue weighted by atomic mass is 16.7. The second kappa shape index (κ2) is 26.2. The van der Waals surface area contributed by atoms with Crippen LogP contribution in [0.1, 0.15) is 31.2 Å². The molecule has 1 fully saturated rings. The molecule has 1 saturated heterocycles. The predicted molar refractivity (Wildman–Crippen MR) is 166 cm³/mol. The summed E-state index contributed by atoms with van der Waals surface area (Å²) in [7, 11) is 0. The van der Waals surface area contributed by atoms with E-state index in [2.05, 4.69) is 0 Å². The van der Waals surface area contributed by atoms with Crippen LogP contribution in [0.3, 0.4) is 0 Å². The Hall–Kier alpha value is -3.69. The lowest BCUT2D eigenvalue weighted by Crippen LogP contribution is -2.32. The molecule has 1 aromatic carbocycles. The zero-order valence-corrected chi connectivity index (χ0v) is 27.5. The first-order valence-electron chi connectivity index (χ1n) is 15.9. The molecule has 0 N–H and O–H groups in total. The van der Waals surface area contributed by atoms with Gasteiger partial charge in [-0.1, -0.05) is 0 Å². The predicted octanol–water partition coefficient (Wildman–Crippen LogP) is 1.57. The zero-order chi connectivity index (χ0) is 35.5. The quantitative estimate of drug-likeness (QED) is 0.0463. The van der Waals surface area contributed by atoms with Crippen molar-refractivity contribution >= 4 is 29.2 Å². The van der Waals surface area contributed by atoms with E-state index in [9.17, 15) is 34.6 Å². The summed E-state index contributed by atoms with van der Waals surface area (Å²) in [6, 6.07) is 3.63. The number of carbonyl (C=O) groups excluding carboxylic acids is 3. The van der Waals surface area contributed by atoms with Crippen molar-refractivity contribution in [3.8, 4) is 0 Å². The maximum atomic E-state index is 11.6. The Labute approximate surface area is 283 Å². The molecular weight excluding hydrogens is 658 g/mol. The highest BCUT2D eigenvalue weighted by molar-refractivity contribution is 6.01. The fourth-order valence-corrected chi connectivity index (χ4v) is 4.01. The number of rotatable bonds is 31. The van der Waals surface area contributed by atoms with Crippen LogP contribution in [0.15, 0.2) is 18.2 Å². The molecule has 0 bridgehead atoms. The number of nitro benzene ring substituents is 2. The van der Waals surface area contributed by atoms with E-state index in [1.54, 1.807) is 0 Å². The largest absolute Gasteiger partial charge is 0.379 e. The first kappa shape index (κ1) is 41.5. The highest BCUT2D eigenvalue weighted by Crippen LogP contribution is 2.25. The number of non-ortho nitro benzene ring substituents is 1. The molecule has 2 rings (SSSR count). The summed E-state index contributed by atoms with van der Waals surface area (Å²) < 4.78 is 43.2. The molecule has 19 heteroatoms. The van der Waals surface area contributed by atoms with Crippen LogP contribution in [0.5, 0.6) is 0 Å². The van der Waals surface area contributed by atoms with Gasteiger partial charge in [0, 0.05) is 31.1 Å². The summed E-state index contributed by atoms with van der Waals surface area (Å²) in [4.78, 5) is 59.9. The van der Waals surface area contributed by atoms with Gasteiger partial charge in [-0.15, -0.1) is 5.06 Å². The number of hydrogen-bond acceptors (Lipinski definition) is 16. The van der Waals surface area contributed by atoms with Crippen molar-refractivity contribution in [2.45, 2.75) is 32.1 Å². The Balaban J connectivity index is 1.24. The van der Waals surface area contributed by atoms with Crippen molar-refractivity contribution in [3.05, 3.63) is 44.0 Å². The van der Waals surface area contributed by atoms with E-state index < -0.39 is 27.6 Å². The van der Waals surface area contributed by atoms with E-state index in [4.69, 9.17) is 42.7 Å². The number of aryl methyl sites for hydroxylation is 1. The number of hydroxylamine groups is 2. The zero-order valence-electron chi connectivity index (χ0n) is 27.5. The van der Waals surface area contributed by atoms with E-state index in [0.29, 0.717) is 116 Å². The topological polar surface area (TPSA) is 224 Å². The lowest BCUT2D eigenvalue weighted by Gasteiger charge is -2.12. The Morgan fingerprint density at radius 3 is 1.43 bits per heavy atom. The molecule has 1 aliphatic rings. The Morgan fingerprint density at radius 2 is 1.02 bits per heavy atom. The van der Waals surface area contributed by atoms with Crippen LogP contribution in [0, 0.1) is 20.2 Å². The van der Waals surface area contributed by atoms with E-state index in [-0.39, 0.29) is 43.9 Å². The van der Waals surface area contributed by atoms with E-state index in [1.165, 1.54) is 12.1 Å². The molecule has 49 heavy (non-hydrogen) atoms. The van der Waals surface area contributed by atoms with E-state index in [0.717, 1.165) is 6.07 Å². The number of nitro groups is 2. The summed E-state index contributed by atoms with van der Waals surface area (Å²) in [6.07, 6.45) is 0.898. The maximum Gasteiger partial charge on any atom is 0.335 e. The molecule has 1 aromatic rings. The first-order chi connectivity index (χ1) is 23.8. The normalized spacial score (nSPS) is 12.9. The summed E-state index contributed by atoms with van der Waals surface area (Å²) in [5.74, 6) is -1.76. The van der Waals surface area contributed by atoms with Crippen molar-refractivity contribution in [3.63, 3.8) is 0 Å². The number of benzene rings is 1. The average molecular weight is 704 g/mol. The molecule has 19 nitrogen and oxygen atoms in total. The van der Waals surface area contributed by atoms with Gasteiger partial charge in [-0.3, -0.25) is 29.8 Å². The van der Waals surface area contributed by atoms with Gasteiger partial charge in [0.05, 0.1) is 121 Å². The Morgan fingerprint density at radius 1 is 0.612 bits per heavy atom. The lowest BCUT2D eigenvalue weighted by atomic mass is 10.1. The molecule has 1 heterocycles. The van der Waals surface area contributed by atoms with E-state index in [1.807, 2.05) is 0 Å². The summed E-state index contributed by atoms with van der Waals surface area (Å²) in [5, 5.41) is 22.5. The SMILES string of the molecule is O=C(CCOCCOCCOCCOCCOCCOCCOCCOCCCc1ccc([N+](=O)[O-])cc1[N+](=O)[O-])ON1C(=O)CCC1=O. The Bertz CT molecular complexity index is 1140. The van der Waals surface area contributed by atoms with Crippen molar-refractivity contribution in [2.75, 3.05) is 106 Å². The number of nitrogens with zero attached hydrogens (tertiary/aromatic N) is 3. The third-order valence-electron chi connectivity index (χ3n) is 6.46. The highest BCUT2D eigenvalue weighted by Gasteiger charge is 2.32. The van der Waals surface area contributed by atoms with Crippen LogP contribution < -0.4 is 0 Å². The molecule has 0 unspecified atom stereocenters. The van der Waals surface area contributed by atoms with Gasteiger partial charge in [0.1, 0.15) is 0 Å². The molecule has 276 valence electrons. The van der Waals surface area contributed by atoms with Crippen LogP contribution in [0.25, 0.3) is 0 Å². The van der Waals surface area contributed by atoms with Crippen molar-refractivity contribution in [2.24, 2.45) is 0 Å². The summed E-state index contributed by atoms with van der Waals surface area (Å²) in [5.41, 5.74) is -0.159. The van der Waals surface area contributed by atoms with Gasteiger partial charge in [-0.2, -0.15) is 0 Å². The standard InChI is InChI=1S/C30H45N3O16/c34-28-5-6-29(35)31(28)49-30(36)7-9-42-11-13-44-15-17-46-19-21-48-23-22-47-20-18-45-16-14-43-12-10-41-8-1-2-25-3-4-26(32(37)38)24-27(25)33(39)40/h3-4,24H,1-2,5-23H2. The van der Waals surface area contributed by atoms with Gasteiger partial charge in [-0.25, -0.2) is 4.79 Å². The Kier molecular flexibility index (Phi) is 22.2. The second-order valence-corrected chi connectivity index (χ2v) is 10.1. The molecule has 0 atom stereocenters. The minimum atomic E-state index is -0.713. The van der Waals surface area contributed by atoms with Crippen LogP contribution in [-0.4, -0.2) is 138 Å². The van der Waals surface area contributed by atoms with Crippen molar-refractivity contribution in [1.82, 2.24) is 5.06 Å². The molecule has 1 aliphatic heterocycles. The molecule has 0 aromatic heterocycles. The number of carbonyl (C=O) groups is 3. The fraction of sp³-hybridized carbons (Fsp3) is 0.700. The molecule has 2 amide bonds. The third kappa shape index (κ3) is 19.2. The van der Waals surface area contributed by atoms with Crippen molar-refractivity contribution < 1.29 is 67.0 Å². The molecule has 0 saturated carbocycles. The van der Waals surface area contributed by atoms with Crippen LogP contribution >= 0.6 is 0 Å². The van der Waals surface area contributed by atoms with Gasteiger partial charge in [0.15, 0.2) is 0 Å². The minimum absolute atomic E-state index is 0.0474. The third-order valence-corrected chi connectivity index (χ3v) is 6.46. The smallest absolute Gasteiger partial charge is 0.335 e. The number of hydrogen-bond donors (Lipinski definition) is 0. The molecular formula is C30H45N3O16. The van der Waals surface area contributed by atoms with E-state index >= 15 is 0 Å². The van der Waals surface area contributed by atoms with Crippen LogP contribution in [0.2, 0.25) is 0 Å². The molecule has 0 aliphatic carbocycles. The van der Waals surface area contributed by atoms with Gasteiger partial charge in [0.2, 0.25) is 0 Å². The summed E-state index contributed by atoms with van der Waals surface area (Å²) >= 11 is 0. The van der Waals surface area contributed by atoms with Gasteiger partial charge < -0.3 is 42.7 Å². The average Bonchev–Trinajstić information content (AvgIpc) is 3.39. The maximum absolute atomic E-state index is 11.6. The summed E-state index contributed by atoms with van der Waals surface area (Å²) in [6.45, 7) is 5.82. The van der Waals surface area contributed by atoms with Crippen molar-refractivity contribution in [1.29, 1.82) is 0 Å². The van der Waals surface area contributed by atoms with Crippen LogP contribution in [-0.2, 0) is 63.5 Å². The lowest BCUT2D eigenvalue weighted by molar-refractivity contribution is -0.394. The van der Waals surface area contributed by atoms with Gasteiger partial charge in [0.25, 0.3) is 23.2 Å². The molecule has 0 spiro atoms. The fourth-order valence-electron chi connectivity index (χ4n) is 4.01. The van der Waals surface area contributed by atoms with Gasteiger partial charge >= 0.3 is 5.97 Å². The molecule has 0 radical (unpaired) electrons. The number of imide groups is 1. The number of ether oxygens (including phenoxy) is 8.